The van der Waals surface area contributed by atoms with Crippen LogP contribution in [0.2, 0.25) is 0 Å². The van der Waals surface area contributed by atoms with Crippen molar-refractivity contribution >= 4 is 17.7 Å². The second kappa shape index (κ2) is 12.4. The van der Waals surface area contributed by atoms with Gasteiger partial charge in [-0.25, -0.2) is 0 Å². The van der Waals surface area contributed by atoms with E-state index in [9.17, 15) is 4.79 Å². The lowest BCUT2D eigenvalue weighted by molar-refractivity contribution is -0.112. The lowest BCUT2D eigenvalue weighted by atomic mass is 10.0. The smallest absolute Gasteiger partial charge is 0.251 e. The van der Waals surface area contributed by atoms with Crippen molar-refractivity contribution in [2.24, 2.45) is 0 Å². The van der Waals surface area contributed by atoms with Gasteiger partial charge >= 0.3 is 0 Å². The van der Waals surface area contributed by atoms with Gasteiger partial charge in [-0.15, -0.1) is 0 Å². The highest BCUT2D eigenvalue weighted by molar-refractivity contribution is 6.07. The van der Waals surface area contributed by atoms with Gasteiger partial charge < -0.3 is 14.8 Å². The molecule has 0 atom stereocenters. The zero-order valence-electron chi connectivity index (χ0n) is 22.5. The summed E-state index contributed by atoms with van der Waals surface area (Å²) in [6, 6.07) is 23.4. The lowest BCUT2D eigenvalue weighted by Crippen LogP contribution is -2.36. The monoisotopic (exact) mass is 510 g/mol. The van der Waals surface area contributed by atoms with Crippen LogP contribution in [-0.2, 0) is 29.1 Å². The van der Waals surface area contributed by atoms with Crippen molar-refractivity contribution in [3.8, 4) is 5.75 Å². The molecule has 1 saturated heterocycles. The van der Waals surface area contributed by atoms with Crippen LogP contribution in [0.4, 0.5) is 5.69 Å². The predicted molar refractivity (Wildman–Crippen MR) is 153 cm³/mol. The van der Waals surface area contributed by atoms with Gasteiger partial charge in [-0.3, -0.25) is 9.69 Å². The number of hydrogen-bond acceptors (Lipinski definition) is 4. The minimum Gasteiger partial charge on any atom is -0.489 e. The van der Waals surface area contributed by atoms with Crippen molar-refractivity contribution < 1.29 is 14.3 Å². The topological polar surface area (TPSA) is 50.8 Å². The summed E-state index contributed by atoms with van der Waals surface area (Å²) in [5.41, 5.74) is 7.59. The van der Waals surface area contributed by atoms with Gasteiger partial charge in [0.2, 0.25) is 0 Å². The van der Waals surface area contributed by atoms with Gasteiger partial charge in [0.1, 0.15) is 12.4 Å². The van der Waals surface area contributed by atoms with Crippen LogP contribution in [-0.4, -0.2) is 37.1 Å². The number of benzene rings is 3. The molecule has 1 amide bonds. The highest BCUT2D eigenvalue weighted by atomic mass is 16.5. The number of ether oxygens (including phenoxy) is 2. The lowest BCUT2D eigenvalue weighted by Gasteiger charge is -2.31. The molecule has 0 radical (unpaired) electrons. The zero-order chi connectivity index (χ0) is 26.3. The third-order valence-corrected chi connectivity index (χ3v) is 7.62. The molecule has 0 unspecified atom stereocenters. The molecule has 0 spiro atoms. The van der Waals surface area contributed by atoms with Gasteiger partial charge in [0.15, 0.2) is 0 Å². The SMILES string of the molecule is Cc1ccc(COc2ccc3c(c2)C=C(C(=O)Nc2ccc(CN(C)C4CCOCC4)cc2)CCC3)cc1. The van der Waals surface area contributed by atoms with E-state index in [-0.39, 0.29) is 5.91 Å². The van der Waals surface area contributed by atoms with Gasteiger partial charge in [-0.05, 0) is 98.7 Å². The maximum Gasteiger partial charge on any atom is 0.251 e. The third-order valence-electron chi connectivity index (χ3n) is 7.62. The van der Waals surface area contributed by atoms with E-state index in [4.69, 9.17) is 9.47 Å². The van der Waals surface area contributed by atoms with Crippen LogP contribution in [0.3, 0.4) is 0 Å². The predicted octanol–water partition coefficient (Wildman–Crippen LogP) is 6.54. The number of rotatable bonds is 8. The van der Waals surface area contributed by atoms with E-state index in [0.29, 0.717) is 12.6 Å². The molecule has 38 heavy (non-hydrogen) atoms. The summed E-state index contributed by atoms with van der Waals surface area (Å²) in [6.07, 6.45) is 6.87. The minimum atomic E-state index is -0.0316. The number of aryl methyl sites for hydroxylation is 2. The van der Waals surface area contributed by atoms with Gasteiger partial charge in [0.25, 0.3) is 5.91 Å². The molecule has 1 aliphatic heterocycles. The Hall–Kier alpha value is -3.41. The first kappa shape index (κ1) is 26.2. The zero-order valence-corrected chi connectivity index (χ0v) is 22.5. The number of amides is 1. The van der Waals surface area contributed by atoms with Crippen molar-refractivity contribution in [2.45, 2.75) is 58.2 Å². The normalized spacial score (nSPS) is 15.9. The average molecular weight is 511 g/mol. The molecule has 5 nitrogen and oxygen atoms in total. The Morgan fingerprint density at radius 2 is 1.71 bits per heavy atom. The molecule has 5 rings (SSSR count). The molecule has 5 heteroatoms. The fourth-order valence-corrected chi connectivity index (χ4v) is 5.23. The highest BCUT2D eigenvalue weighted by Crippen LogP contribution is 2.28. The van der Waals surface area contributed by atoms with Crippen LogP contribution in [0.25, 0.3) is 6.08 Å². The number of carbonyl (C=O) groups excluding carboxylic acids is 1. The Labute approximate surface area is 226 Å². The molecule has 3 aromatic rings. The van der Waals surface area contributed by atoms with Crippen molar-refractivity contribution in [3.63, 3.8) is 0 Å². The molecule has 1 aliphatic carbocycles. The van der Waals surface area contributed by atoms with E-state index in [1.807, 2.05) is 24.3 Å². The molecule has 0 saturated carbocycles. The Bertz CT molecular complexity index is 1260. The molecule has 198 valence electrons. The first-order valence-corrected chi connectivity index (χ1v) is 13.7. The summed E-state index contributed by atoms with van der Waals surface area (Å²) in [7, 11) is 2.18. The van der Waals surface area contributed by atoms with Gasteiger partial charge in [0.05, 0.1) is 0 Å². The maximum atomic E-state index is 13.2. The van der Waals surface area contributed by atoms with Gasteiger partial charge in [-0.1, -0.05) is 48.0 Å². The minimum absolute atomic E-state index is 0.0316. The molecule has 3 aromatic carbocycles. The molecular formula is C33H38N2O3. The summed E-state index contributed by atoms with van der Waals surface area (Å²) in [5.74, 6) is 0.791. The van der Waals surface area contributed by atoms with Gasteiger partial charge in [0, 0.05) is 37.1 Å². The third kappa shape index (κ3) is 6.91. The van der Waals surface area contributed by atoms with E-state index >= 15 is 0 Å². The molecule has 1 heterocycles. The summed E-state index contributed by atoms with van der Waals surface area (Å²) in [4.78, 5) is 15.6. The van der Waals surface area contributed by atoms with Crippen LogP contribution in [0, 0.1) is 6.92 Å². The van der Waals surface area contributed by atoms with E-state index in [1.54, 1.807) is 0 Å². The van der Waals surface area contributed by atoms with Crippen LogP contribution < -0.4 is 10.1 Å². The molecule has 2 aliphatic rings. The Morgan fingerprint density at radius 3 is 2.47 bits per heavy atom. The standard InChI is InChI=1S/C33H38N2O3/c1-24-6-8-26(9-7-24)23-38-32-15-12-27-4-3-5-28(20-29(27)21-32)33(36)34-30-13-10-25(11-14-30)22-35(2)31-16-18-37-19-17-31/h6-15,20-21,31H,3-5,16-19,22-23H2,1-2H3,(H,34,36). The van der Waals surface area contributed by atoms with E-state index < -0.39 is 0 Å². The number of anilines is 1. The molecule has 1 N–H and O–H groups in total. The molecule has 1 fully saturated rings. The number of nitrogens with zero attached hydrogens (tertiary/aromatic N) is 1. The van der Waals surface area contributed by atoms with Crippen LogP contribution >= 0.6 is 0 Å². The number of hydrogen-bond donors (Lipinski definition) is 1. The Morgan fingerprint density at radius 1 is 0.974 bits per heavy atom. The fourth-order valence-electron chi connectivity index (χ4n) is 5.23. The largest absolute Gasteiger partial charge is 0.489 e. The molecule has 0 bridgehead atoms. The average Bonchev–Trinajstić information content (AvgIpc) is 3.16. The summed E-state index contributed by atoms with van der Waals surface area (Å²) < 4.78 is 11.6. The first-order chi connectivity index (χ1) is 18.5. The van der Waals surface area contributed by atoms with E-state index in [2.05, 4.69) is 72.7 Å². The summed E-state index contributed by atoms with van der Waals surface area (Å²) >= 11 is 0. The van der Waals surface area contributed by atoms with E-state index in [0.717, 1.165) is 80.0 Å². The number of carbonyl (C=O) groups is 1. The molecular weight excluding hydrogens is 472 g/mol. The summed E-state index contributed by atoms with van der Waals surface area (Å²) in [5, 5.41) is 3.11. The maximum absolute atomic E-state index is 13.2. The van der Waals surface area contributed by atoms with Crippen LogP contribution in [0.5, 0.6) is 5.75 Å². The number of fused-ring (bicyclic) bond motifs is 1. The fraction of sp³-hybridized carbons (Fsp3) is 0.364. The quantitative estimate of drug-likeness (QED) is 0.374. The van der Waals surface area contributed by atoms with Gasteiger partial charge in [-0.2, -0.15) is 0 Å². The highest BCUT2D eigenvalue weighted by Gasteiger charge is 2.19. The second-order valence-corrected chi connectivity index (χ2v) is 10.6. The van der Waals surface area contributed by atoms with E-state index in [1.165, 1.54) is 16.7 Å². The second-order valence-electron chi connectivity index (χ2n) is 10.6. The van der Waals surface area contributed by atoms with Crippen LogP contribution in [0.15, 0.2) is 72.3 Å². The van der Waals surface area contributed by atoms with Crippen molar-refractivity contribution in [3.05, 3.63) is 100 Å². The van der Waals surface area contributed by atoms with Crippen molar-refractivity contribution in [1.29, 1.82) is 0 Å². The van der Waals surface area contributed by atoms with Crippen LogP contribution in [0.1, 0.15) is 53.5 Å². The first-order valence-electron chi connectivity index (χ1n) is 13.7. The Kier molecular flexibility index (Phi) is 8.57. The van der Waals surface area contributed by atoms with Crippen molar-refractivity contribution in [1.82, 2.24) is 4.90 Å². The Balaban J connectivity index is 1.21. The summed E-state index contributed by atoms with van der Waals surface area (Å²) in [6.45, 7) is 5.20. The number of nitrogens with one attached hydrogen (secondary N) is 1. The molecule has 0 aromatic heterocycles. The van der Waals surface area contributed by atoms with Crippen molar-refractivity contribution in [2.75, 3.05) is 25.6 Å².